The van der Waals surface area contributed by atoms with E-state index in [1.807, 2.05) is 30.3 Å². The molecule has 1 N–H and O–H groups in total. The van der Waals surface area contributed by atoms with Crippen molar-refractivity contribution in [3.8, 4) is 11.5 Å². The summed E-state index contributed by atoms with van der Waals surface area (Å²) in [6.07, 6.45) is 0. The zero-order valence-corrected chi connectivity index (χ0v) is 14.2. The van der Waals surface area contributed by atoms with E-state index >= 15 is 0 Å². The predicted octanol–water partition coefficient (Wildman–Crippen LogP) is 4.43. The lowest BCUT2D eigenvalue weighted by Crippen LogP contribution is -2.14. The first-order valence-corrected chi connectivity index (χ1v) is 9.25. The Morgan fingerprint density at radius 2 is 1.65 bits per heavy atom. The molecule has 4 rings (SSSR count). The molecule has 1 aromatic heterocycles. The molecule has 4 aromatic rings. The number of hydrogen-bond donors (Lipinski definition) is 1. The predicted molar refractivity (Wildman–Crippen MR) is 96.7 cm³/mol. The molecule has 3 aromatic carbocycles. The van der Waals surface area contributed by atoms with E-state index in [9.17, 15) is 12.8 Å². The number of nitrogens with zero attached hydrogens (tertiary/aromatic N) is 1. The van der Waals surface area contributed by atoms with Crippen molar-refractivity contribution in [2.24, 2.45) is 0 Å². The quantitative estimate of drug-likeness (QED) is 0.578. The third-order valence-corrected chi connectivity index (χ3v) is 5.20. The molecule has 0 aliphatic rings. The van der Waals surface area contributed by atoms with Crippen LogP contribution in [0.1, 0.15) is 0 Å². The fraction of sp³-hybridized carbons (Fsp3) is 0. The van der Waals surface area contributed by atoms with Crippen LogP contribution < -0.4 is 4.72 Å². The van der Waals surface area contributed by atoms with Crippen LogP contribution >= 0.6 is 0 Å². The molecule has 130 valence electrons. The Bertz CT molecular complexity index is 1190. The summed E-state index contributed by atoms with van der Waals surface area (Å²) in [7, 11) is -4.04. The first-order valence-electron chi connectivity index (χ1n) is 7.76. The third-order valence-electron chi connectivity index (χ3n) is 3.79. The average molecular weight is 368 g/mol. The summed E-state index contributed by atoms with van der Waals surface area (Å²) in [6.45, 7) is 0. The molecule has 26 heavy (non-hydrogen) atoms. The normalized spacial score (nSPS) is 11.6. The Kier molecular flexibility index (Phi) is 3.93. The van der Waals surface area contributed by atoms with Gasteiger partial charge in [-0.15, -0.1) is 0 Å². The monoisotopic (exact) mass is 368 g/mol. The van der Waals surface area contributed by atoms with Gasteiger partial charge < -0.3 is 4.42 Å². The van der Waals surface area contributed by atoms with Crippen molar-refractivity contribution >= 4 is 26.8 Å². The van der Waals surface area contributed by atoms with E-state index in [2.05, 4.69) is 9.71 Å². The van der Waals surface area contributed by atoms with Gasteiger partial charge in [0.1, 0.15) is 16.2 Å². The van der Waals surface area contributed by atoms with Gasteiger partial charge in [0.25, 0.3) is 10.0 Å². The molecular formula is C19H13FN2O3S. The lowest BCUT2D eigenvalue weighted by Gasteiger charge is -2.08. The Hall–Kier alpha value is -3.19. The summed E-state index contributed by atoms with van der Waals surface area (Å²) in [5.74, 6) is -0.372. The Morgan fingerprint density at radius 3 is 2.42 bits per heavy atom. The van der Waals surface area contributed by atoms with Crippen LogP contribution in [0.15, 0.2) is 82.1 Å². The van der Waals surface area contributed by atoms with E-state index in [-0.39, 0.29) is 5.69 Å². The molecule has 0 atom stereocenters. The Balaban J connectivity index is 1.69. The third kappa shape index (κ3) is 3.04. The van der Waals surface area contributed by atoms with Crippen LogP contribution in [0.3, 0.4) is 0 Å². The molecule has 1 heterocycles. The van der Waals surface area contributed by atoms with Crippen molar-refractivity contribution in [3.05, 3.63) is 78.6 Å². The van der Waals surface area contributed by atoms with E-state index in [4.69, 9.17) is 4.42 Å². The summed E-state index contributed by atoms with van der Waals surface area (Å²) < 4.78 is 46.6. The topological polar surface area (TPSA) is 72.2 Å². The SMILES string of the molecule is O=S(=O)(Nc1ccc2oc(-c3ccccc3)nc2c1)c1ccccc1F. The van der Waals surface area contributed by atoms with E-state index in [0.717, 1.165) is 11.6 Å². The largest absolute Gasteiger partial charge is 0.436 e. The first kappa shape index (κ1) is 16.3. The maximum Gasteiger partial charge on any atom is 0.264 e. The molecule has 7 heteroatoms. The summed E-state index contributed by atoms with van der Waals surface area (Å²) in [6, 6.07) is 19.3. The van der Waals surface area contributed by atoms with Crippen LogP contribution in [0.2, 0.25) is 0 Å². The van der Waals surface area contributed by atoms with Crippen molar-refractivity contribution in [1.29, 1.82) is 0 Å². The maximum atomic E-state index is 13.8. The van der Waals surface area contributed by atoms with Gasteiger partial charge >= 0.3 is 0 Å². The van der Waals surface area contributed by atoms with Crippen LogP contribution in [0.4, 0.5) is 10.1 Å². The number of hydrogen-bond acceptors (Lipinski definition) is 4. The summed E-state index contributed by atoms with van der Waals surface area (Å²) in [5.41, 5.74) is 2.11. The molecule has 0 saturated heterocycles. The number of fused-ring (bicyclic) bond motifs is 1. The minimum absolute atomic E-state index is 0.272. The second kappa shape index (κ2) is 6.27. The molecule has 0 unspecified atom stereocenters. The molecule has 5 nitrogen and oxygen atoms in total. The second-order valence-electron chi connectivity index (χ2n) is 5.60. The zero-order valence-electron chi connectivity index (χ0n) is 13.4. The second-order valence-corrected chi connectivity index (χ2v) is 7.25. The van der Waals surface area contributed by atoms with Crippen molar-refractivity contribution in [2.45, 2.75) is 4.90 Å². The first-order chi connectivity index (χ1) is 12.5. The van der Waals surface area contributed by atoms with E-state index < -0.39 is 20.7 Å². The van der Waals surface area contributed by atoms with Crippen molar-refractivity contribution in [2.75, 3.05) is 4.72 Å². The van der Waals surface area contributed by atoms with Gasteiger partial charge in [-0.1, -0.05) is 30.3 Å². The van der Waals surface area contributed by atoms with Crippen LogP contribution in [0.5, 0.6) is 0 Å². The van der Waals surface area contributed by atoms with E-state index in [0.29, 0.717) is 17.0 Å². The molecular weight excluding hydrogens is 355 g/mol. The van der Waals surface area contributed by atoms with Gasteiger partial charge in [-0.3, -0.25) is 4.72 Å². The van der Waals surface area contributed by atoms with Crippen molar-refractivity contribution < 1.29 is 17.2 Å². The van der Waals surface area contributed by atoms with Gasteiger partial charge in [-0.2, -0.15) is 0 Å². The van der Waals surface area contributed by atoms with E-state index in [1.54, 1.807) is 18.2 Å². The lowest BCUT2D eigenvalue weighted by molar-refractivity contribution is 0.570. The molecule has 0 bridgehead atoms. The summed E-state index contributed by atoms with van der Waals surface area (Å²) in [4.78, 5) is 3.98. The molecule has 0 aliphatic heterocycles. The van der Waals surface area contributed by atoms with Crippen LogP contribution in [0, 0.1) is 5.82 Å². The highest BCUT2D eigenvalue weighted by Gasteiger charge is 2.19. The van der Waals surface area contributed by atoms with Crippen LogP contribution in [0.25, 0.3) is 22.6 Å². The molecule has 0 fully saturated rings. The van der Waals surface area contributed by atoms with Gasteiger partial charge in [0.15, 0.2) is 5.58 Å². The van der Waals surface area contributed by atoms with Gasteiger partial charge in [-0.05, 0) is 42.5 Å². The van der Waals surface area contributed by atoms with Gasteiger partial charge in [0.2, 0.25) is 5.89 Å². The minimum atomic E-state index is -4.04. The van der Waals surface area contributed by atoms with Crippen LogP contribution in [-0.2, 0) is 10.0 Å². The highest BCUT2D eigenvalue weighted by Crippen LogP contribution is 2.27. The minimum Gasteiger partial charge on any atom is -0.436 e. The number of sulfonamides is 1. The number of halogens is 1. The number of aromatic nitrogens is 1. The van der Waals surface area contributed by atoms with E-state index in [1.165, 1.54) is 18.2 Å². The standard InChI is InChI=1S/C19H13FN2O3S/c20-15-8-4-5-9-18(15)26(23,24)22-14-10-11-17-16(12-14)21-19(25-17)13-6-2-1-3-7-13/h1-12,22H. The van der Waals surface area contributed by atoms with Crippen LogP contribution in [-0.4, -0.2) is 13.4 Å². The average Bonchev–Trinajstić information content (AvgIpc) is 3.06. The van der Waals surface area contributed by atoms with Gasteiger partial charge in [0, 0.05) is 5.56 Å². The number of oxazole rings is 1. The molecule has 0 saturated carbocycles. The fourth-order valence-electron chi connectivity index (χ4n) is 2.57. The summed E-state index contributed by atoms with van der Waals surface area (Å²) in [5, 5.41) is 0. The summed E-state index contributed by atoms with van der Waals surface area (Å²) >= 11 is 0. The molecule has 0 radical (unpaired) electrons. The smallest absolute Gasteiger partial charge is 0.264 e. The maximum absolute atomic E-state index is 13.8. The number of rotatable bonds is 4. The van der Waals surface area contributed by atoms with Crippen molar-refractivity contribution in [3.63, 3.8) is 0 Å². The number of anilines is 1. The molecule has 0 amide bonds. The Morgan fingerprint density at radius 1 is 0.923 bits per heavy atom. The molecule has 0 aliphatic carbocycles. The van der Waals surface area contributed by atoms with Gasteiger partial charge in [0.05, 0.1) is 5.69 Å². The van der Waals surface area contributed by atoms with Gasteiger partial charge in [-0.25, -0.2) is 17.8 Å². The highest BCUT2D eigenvalue weighted by atomic mass is 32.2. The Labute approximate surface area is 149 Å². The zero-order chi connectivity index (χ0) is 18.1. The highest BCUT2D eigenvalue weighted by molar-refractivity contribution is 7.92. The number of benzene rings is 3. The lowest BCUT2D eigenvalue weighted by atomic mass is 10.2. The van der Waals surface area contributed by atoms with Crippen molar-refractivity contribution in [1.82, 2.24) is 4.98 Å². The fourth-order valence-corrected chi connectivity index (χ4v) is 3.70. The number of nitrogens with one attached hydrogen (secondary N) is 1. The molecule has 0 spiro atoms.